The van der Waals surface area contributed by atoms with Crippen molar-refractivity contribution in [3.8, 4) is 5.75 Å². The van der Waals surface area contributed by atoms with Crippen molar-refractivity contribution in [2.45, 2.75) is 39.7 Å². The highest BCUT2D eigenvalue weighted by Gasteiger charge is 2.29. The van der Waals surface area contributed by atoms with E-state index in [2.05, 4.69) is 6.07 Å². The third kappa shape index (κ3) is 4.56. The molecule has 0 fully saturated rings. The number of esters is 1. The maximum absolute atomic E-state index is 11.6. The lowest BCUT2D eigenvalue weighted by Crippen LogP contribution is -2.47. The molecule has 0 bridgehead atoms. The van der Waals surface area contributed by atoms with Gasteiger partial charge in [0.05, 0.1) is 13.2 Å². The zero-order valence-electron chi connectivity index (χ0n) is 12.2. The maximum Gasteiger partial charge on any atom is 0.325 e. The fraction of sp³-hybridized carbons (Fsp3) is 0.533. The van der Waals surface area contributed by atoms with Crippen LogP contribution in [0.15, 0.2) is 18.2 Å². The van der Waals surface area contributed by atoms with Gasteiger partial charge in [-0.15, -0.1) is 0 Å². The Labute approximate surface area is 114 Å². The molecule has 1 rings (SSSR count). The highest BCUT2D eigenvalue weighted by atomic mass is 16.5. The van der Waals surface area contributed by atoms with E-state index in [1.54, 1.807) is 13.8 Å². The molecule has 0 aliphatic rings. The monoisotopic (exact) mass is 265 g/mol. The molecule has 0 heterocycles. The van der Waals surface area contributed by atoms with Crippen molar-refractivity contribution in [3.63, 3.8) is 0 Å². The number of hydrogen-bond acceptors (Lipinski definition) is 4. The Hall–Kier alpha value is -1.55. The second kappa shape index (κ2) is 6.57. The van der Waals surface area contributed by atoms with Gasteiger partial charge < -0.3 is 15.2 Å². The molecule has 0 aliphatic heterocycles. The largest absolute Gasteiger partial charge is 0.493 e. The Morgan fingerprint density at radius 3 is 2.63 bits per heavy atom. The fourth-order valence-electron chi connectivity index (χ4n) is 1.73. The van der Waals surface area contributed by atoms with E-state index in [4.69, 9.17) is 15.2 Å². The average Bonchev–Trinajstić information content (AvgIpc) is 2.32. The quantitative estimate of drug-likeness (QED) is 0.802. The summed E-state index contributed by atoms with van der Waals surface area (Å²) in [5.74, 6) is 0.435. The van der Waals surface area contributed by atoms with E-state index < -0.39 is 5.54 Å². The summed E-state index contributed by atoms with van der Waals surface area (Å²) < 4.78 is 10.6. The van der Waals surface area contributed by atoms with Crippen LogP contribution >= 0.6 is 0 Å². The minimum atomic E-state index is -1.01. The van der Waals surface area contributed by atoms with Crippen LogP contribution in [0.1, 0.15) is 31.4 Å². The van der Waals surface area contributed by atoms with Crippen molar-refractivity contribution in [2.24, 2.45) is 5.73 Å². The summed E-state index contributed by atoms with van der Waals surface area (Å²) in [5, 5.41) is 0. The van der Waals surface area contributed by atoms with Crippen LogP contribution < -0.4 is 10.5 Å². The van der Waals surface area contributed by atoms with Gasteiger partial charge in [-0.05, 0) is 39.3 Å². The first kappa shape index (κ1) is 15.5. The van der Waals surface area contributed by atoms with Gasteiger partial charge in [-0.3, -0.25) is 4.79 Å². The standard InChI is InChI=1S/C15H23NO3/c1-5-18-14(17)15(4,16)8-9-19-13-7-6-11(2)10-12(13)3/h6-7,10H,5,8-9,16H2,1-4H3. The number of hydrogen-bond donors (Lipinski definition) is 1. The molecule has 4 nitrogen and oxygen atoms in total. The van der Waals surface area contributed by atoms with Crippen LogP contribution in [0.2, 0.25) is 0 Å². The molecule has 0 aliphatic carbocycles. The minimum absolute atomic E-state index is 0.337. The summed E-state index contributed by atoms with van der Waals surface area (Å²) in [6, 6.07) is 5.99. The molecular formula is C15H23NO3. The highest BCUT2D eigenvalue weighted by Crippen LogP contribution is 2.19. The van der Waals surface area contributed by atoms with Gasteiger partial charge in [0, 0.05) is 6.42 Å². The molecule has 0 radical (unpaired) electrons. The SMILES string of the molecule is CCOC(=O)C(C)(N)CCOc1ccc(C)cc1C. The van der Waals surface area contributed by atoms with Gasteiger partial charge in [0.25, 0.3) is 0 Å². The summed E-state index contributed by atoms with van der Waals surface area (Å²) in [6.07, 6.45) is 0.416. The Morgan fingerprint density at radius 1 is 1.37 bits per heavy atom. The highest BCUT2D eigenvalue weighted by molar-refractivity contribution is 5.79. The molecule has 1 aromatic carbocycles. The number of ether oxygens (including phenoxy) is 2. The minimum Gasteiger partial charge on any atom is -0.493 e. The second-order valence-corrected chi connectivity index (χ2v) is 5.01. The van der Waals surface area contributed by atoms with Crippen molar-refractivity contribution in [1.82, 2.24) is 0 Å². The maximum atomic E-state index is 11.6. The molecule has 0 saturated carbocycles. The zero-order valence-corrected chi connectivity index (χ0v) is 12.2. The lowest BCUT2D eigenvalue weighted by atomic mass is 10.0. The van der Waals surface area contributed by atoms with Crippen molar-refractivity contribution < 1.29 is 14.3 Å². The van der Waals surface area contributed by atoms with E-state index in [1.165, 1.54) is 5.56 Å². The van der Waals surface area contributed by atoms with Crippen LogP contribution in [0.3, 0.4) is 0 Å². The van der Waals surface area contributed by atoms with E-state index in [1.807, 2.05) is 26.0 Å². The average molecular weight is 265 g/mol. The van der Waals surface area contributed by atoms with E-state index >= 15 is 0 Å². The lowest BCUT2D eigenvalue weighted by Gasteiger charge is -2.22. The van der Waals surface area contributed by atoms with E-state index in [9.17, 15) is 4.79 Å². The molecule has 19 heavy (non-hydrogen) atoms. The van der Waals surface area contributed by atoms with Crippen LogP contribution in [0, 0.1) is 13.8 Å². The molecule has 0 aromatic heterocycles. The van der Waals surface area contributed by atoms with Crippen LogP contribution in [0.4, 0.5) is 0 Å². The Morgan fingerprint density at radius 2 is 2.05 bits per heavy atom. The first-order valence-corrected chi connectivity index (χ1v) is 6.53. The number of carbonyl (C=O) groups is 1. The predicted octanol–water partition coefficient (Wildman–Crippen LogP) is 2.35. The first-order chi connectivity index (χ1) is 8.86. The third-order valence-corrected chi connectivity index (χ3v) is 2.95. The Kier molecular flexibility index (Phi) is 5.36. The summed E-state index contributed by atoms with van der Waals surface area (Å²) in [4.78, 5) is 11.6. The fourth-order valence-corrected chi connectivity index (χ4v) is 1.73. The van der Waals surface area contributed by atoms with Gasteiger partial charge in [0.1, 0.15) is 11.3 Å². The molecule has 0 amide bonds. The van der Waals surface area contributed by atoms with Crippen LogP contribution in [0.25, 0.3) is 0 Å². The Bertz CT molecular complexity index is 441. The normalized spacial score (nSPS) is 13.7. The van der Waals surface area contributed by atoms with Gasteiger partial charge in [0.15, 0.2) is 0 Å². The van der Waals surface area contributed by atoms with Gasteiger partial charge >= 0.3 is 5.97 Å². The number of carbonyl (C=O) groups excluding carboxylic acids is 1. The van der Waals surface area contributed by atoms with Crippen LogP contribution in [-0.2, 0) is 9.53 Å². The molecule has 0 spiro atoms. The number of benzene rings is 1. The second-order valence-electron chi connectivity index (χ2n) is 5.01. The summed E-state index contributed by atoms with van der Waals surface area (Å²) in [7, 11) is 0. The molecule has 106 valence electrons. The van der Waals surface area contributed by atoms with E-state index in [-0.39, 0.29) is 5.97 Å². The van der Waals surface area contributed by atoms with Crippen molar-refractivity contribution >= 4 is 5.97 Å². The predicted molar refractivity (Wildman–Crippen MR) is 75.3 cm³/mol. The van der Waals surface area contributed by atoms with Crippen molar-refractivity contribution in [3.05, 3.63) is 29.3 Å². The smallest absolute Gasteiger partial charge is 0.325 e. The lowest BCUT2D eigenvalue weighted by molar-refractivity contribution is -0.149. The van der Waals surface area contributed by atoms with E-state index in [0.717, 1.165) is 11.3 Å². The molecule has 1 atom stereocenters. The number of rotatable bonds is 6. The van der Waals surface area contributed by atoms with Gasteiger partial charge in [-0.25, -0.2) is 0 Å². The van der Waals surface area contributed by atoms with E-state index in [0.29, 0.717) is 19.6 Å². The van der Waals surface area contributed by atoms with Gasteiger partial charge in [-0.2, -0.15) is 0 Å². The molecule has 4 heteroatoms. The molecule has 0 saturated heterocycles. The van der Waals surface area contributed by atoms with Crippen molar-refractivity contribution in [1.29, 1.82) is 0 Å². The zero-order chi connectivity index (χ0) is 14.5. The summed E-state index contributed by atoms with van der Waals surface area (Å²) in [6.45, 7) is 8.18. The van der Waals surface area contributed by atoms with Crippen LogP contribution in [-0.4, -0.2) is 24.7 Å². The molecular weight excluding hydrogens is 242 g/mol. The Balaban J connectivity index is 2.51. The molecule has 1 aromatic rings. The molecule has 2 N–H and O–H groups in total. The van der Waals surface area contributed by atoms with Gasteiger partial charge in [-0.1, -0.05) is 17.7 Å². The first-order valence-electron chi connectivity index (χ1n) is 6.53. The summed E-state index contributed by atoms with van der Waals surface area (Å²) in [5.41, 5.74) is 7.19. The summed E-state index contributed by atoms with van der Waals surface area (Å²) >= 11 is 0. The van der Waals surface area contributed by atoms with Crippen molar-refractivity contribution in [2.75, 3.05) is 13.2 Å². The molecule has 1 unspecified atom stereocenters. The topological polar surface area (TPSA) is 61.5 Å². The number of aryl methyl sites for hydroxylation is 2. The van der Waals surface area contributed by atoms with Gasteiger partial charge in [0.2, 0.25) is 0 Å². The van der Waals surface area contributed by atoms with Crippen LogP contribution in [0.5, 0.6) is 5.75 Å². The third-order valence-electron chi connectivity index (χ3n) is 2.95. The number of nitrogens with two attached hydrogens (primary N) is 1.